The number of hydrogen-bond acceptors (Lipinski definition) is 4. The normalized spacial score (nSPS) is 10.9. The van der Waals surface area contributed by atoms with Gasteiger partial charge in [-0.05, 0) is 25.0 Å². The molecule has 18 heavy (non-hydrogen) atoms. The van der Waals surface area contributed by atoms with Gasteiger partial charge in [0.1, 0.15) is 11.5 Å². The van der Waals surface area contributed by atoms with E-state index in [1.807, 2.05) is 20.8 Å². The summed E-state index contributed by atoms with van der Waals surface area (Å²) < 4.78 is 9.85. The number of aryl methyl sites for hydroxylation is 1. The first-order valence-corrected chi connectivity index (χ1v) is 6.14. The van der Waals surface area contributed by atoms with Crippen molar-refractivity contribution >= 4 is 5.97 Å². The van der Waals surface area contributed by atoms with Crippen molar-refractivity contribution in [2.75, 3.05) is 7.11 Å². The van der Waals surface area contributed by atoms with Gasteiger partial charge in [0.15, 0.2) is 6.10 Å². The number of ether oxygens (including phenoxy) is 2. The molecule has 1 N–H and O–H groups in total. The molecule has 0 aromatic heterocycles. The van der Waals surface area contributed by atoms with Crippen LogP contribution >= 0.6 is 0 Å². The quantitative estimate of drug-likeness (QED) is 0.839. The van der Waals surface area contributed by atoms with Crippen LogP contribution in [0.4, 0.5) is 0 Å². The zero-order chi connectivity index (χ0) is 14.1. The van der Waals surface area contributed by atoms with Crippen LogP contribution in [0.3, 0.4) is 0 Å². The Hall–Kier alpha value is -1.71. The summed E-state index contributed by atoms with van der Waals surface area (Å²) >= 11 is 0. The van der Waals surface area contributed by atoms with Gasteiger partial charge in [-0.2, -0.15) is 0 Å². The number of phenols is 1. The van der Waals surface area contributed by atoms with E-state index in [-0.39, 0.29) is 5.75 Å². The van der Waals surface area contributed by atoms with Crippen LogP contribution in [-0.4, -0.2) is 24.3 Å². The van der Waals surface area contributed by atoms with Gasteiger partial charge in [0.25, 0.3) is 0 Å². The first-order valence-electron chi connectivity index (χ1n) is 6.14. The van der Waals surface area contributed by atoms with Crippen LogP contribution in [0.2, 0.25) is 0 Å². The maximum absolute atomic E-state index is 11.1. The molecular weight excluding hydrogens is 232 g/mol. The molecule has 1 aromatic rings. The first kappa shape index (κ1) is 16.3. The number of phenolic OH excluding ortho intramolecular Hbond substituents is 1. The van der Waals surface area contributed by atoms with Crippen molar-refractivity contribution in [1.82, 2.24) is 0 Å². The maximum atomic E-state index is 11.1. The van der Waals surface area contributed by atoms with E-state index in [2.05, 4.69) is 4.74 Å². The second-order valence-corrected chi connectivity index (χ2v) is 3.43. The lowest BCUT2D eigenvalue weighted by molar-refractivity contribution is -0.147. The highest BCUT2D eigenvalue weighted by Crippen LogP contribution is 2.24. The number of esters is 1. The standard InChI is InChI=1S/C12H16O4.C2H6/c1-4-9-5-6-10(7-11(9)13)16-8(2)12(14)15-3;1-2/h5-8,13H,4H2,1-3H3;1-2H3. The van der Waals surface area contributed by atoms with Crippen molar-refractivity contribution in [3.05, 3.63) is 23.8 Å². The molecule has 4 heteroatoms. The second-order valence-electron chi connectivity index (χ2n) is 3.43. The zero-order valence-electron chi connectivity index (χ0n) is 11.7. The van der Waals surface area contributed by atoms with Crippen LogP contribution in [0.25, 0.3) is 0 Å². The highest BCUT2D eigenvalue weighted by atomic mass is 16.6. The first-order chi connectivity index (χ1) is 8.58. The fraction of sp³-hybridized carbons (Fsp3) is 0.500. The van der Waals surface area contributed by atoms with Gasteiger partial charge in [-0.25, -0.2) is 4.79 Å². The van der Waals surface area contributed by atoms with Crippen molar-refractivity contribution in [1.29, 1.82) is 0 Å². The SMILES string of the molecule is CC.CCc1ccc(OC(C)C(=O)OC)cc1O. The molecule has 0 saturated carbocycles. The summed E-state index contributed by atoms with van der Waals surface area (Å²) in [5.41, 5.74) is 0.845. The molecule has 0 heterocycles. The smallest absolute Gasteiger partial charge is 0.346 e. The summed E-state index contributed by atoms with van der Waals surface area (Å²) in [6, 6.07) is 4.99. The van der Waals surface area contributed by atoms with Gasteiger partial charge < -0.3 is 14.6 Å². The molecule has 0 aliphatic rings. The van der Waals surface area contributed by atoms with Crippen molar-refractivity contribution in [3.8, 4) is 11.5 Å². The molecule has 1 unspecified atom stereocenters. The summed E-state index contributed by atoms with van der Waals surface area (Å²) in [7, 11) is 1.31. The van der Waals surface area contributed by atoms with Gasteiger partial charge >= 0.3 is 5.97 Å². The molecule has 1 rings (SSSR count). The highest BCUT2D eigenvalue weighted by molar-refractivity contribution is 5.74. The van der Waals surface area contributed by atoms with E-state index in [1.54, 1.807) is 19.1 Å². The van der Waals surface area contributed by atoms with Crippen LogP contribution in [0.15, 0.2) is 18.2 Å². The third kappa shape index (κ3) is 4.65. The zero-order valence-corrected chi connectivity index (χ0v) is 11.7. The average molecular weight is 254 g/mol. The van der Waals surface area contributed by atoms with E-state index in [4.69, 9.17) is 4.74 Å². The number of hydrogen-bond donors (Lipinski definition) is 1. The number of carbonyl (C=O) groups excluding carboxylic acids is 1. The van der Waals surface area contributed by atoms with Gasteiger partial charge in [0.2, 0.25) is 0 Å². The van der Waals surface area contributed by atoms with Crippen LogP contribution in [0, 0.1) is 0 Å². The summed E-state index contributed by atoms with van der Waals surface area (Å²) in [4.78, 5) is 11.1. The van der Waals surface area contributed by atoms with E-state index in [0.717, 1.165) is 12.0 Å². The molecule has 1 atom stereocenters. The molecule has 4 nitrogen and oxygen atoms in total. The second kappa shape index (κ2) is 8.39. The van der Waals surface area contributed by atoms with Crippen molar-refractivity contribution in [2.24, 2.45) is 0 Å². The third-order valence-electron chi connectivity index (χ3n) is 2.28. The third-order valence-corrected chi connectivity index (χ3v) is 2.28. The summed E-state index contributed by atoms with van der Waals surface area (Å²) in [5, 5.41) is 9.60. The molecule has 0 radical (unpaired) electrons. The predicted molar refractivity (Wildman–Crippen MR) is 70.9 cm³/mol. The monoisotopic (exact) mass is 254 g/mol. The van der Waals surface area contributed by atoms with E-state index in [0.29, 0.717) is 5.75 Å². The number of aromatic hydroxyl groups is 1. The Morgan fingerprint density at radius 1 is 1.39 bits per heavy atom. The van der Waals surface area contributed by atoms with Crippen LogP contribution in [0.5, 0.6) is 11.5 Å². The molecule has 1 aromatic carbocycles. The number of benzene rings is 1. The van der Waals surface area contributed by atoms with Gasteiger partial charge in [-0.1, -0.05) is 26.8 Å². The van der Waals surface area contributed by atoms with Gasteiger partial charge in [-0.15, -0.1) is 0 Å². The molecule has 0 amide bonds. The molecule has 0 bridgehead atoms. The Bertz CT molecular complexity index is 374. The van der Waals surface area contributed by atoms with Crippen LogP contribution < -0.4 is 4.74 Å². The fourth-order valence-corrected chi connectivity index (χ4v) is 1.33. The number of rotatable bonds is 4. The number of methoxy groups -OCH3 is 1. The fourth-order valence-electron chi connectivity index (χ4n) is 1.33. The molecule has 102 valence electrons. The van der Waals surface area contributed by atoms with E-state index < -0.39 is 12.1 Å². The Balaban J connectivity index is 0.00000137. The van der Waals surface area contributed by atoms with Crippen LogP contribution in [-0.2, 0) is 16.0 Å². The number of carbonyl (C=O) groups is 1. The Labute approximate surface area is 109 Å². The molecule has 0 aliphatic carbocycles. The topological polar surface area (TPSA) is 55.8 Å². The minimum absolute atomic E-state index is 0.178. The highest BCUT2D eigenvalue weighted by Gasteiger charge is 2.15. The lowest BCUT2D eigenvalue weighted by atomic mass is 10.1. The lowest BCUT2D eigenvalue weighted by Gasteiger charge is -2.13. The minimum atomic E-state index is -0.683. The van der Waals surface area contributed by atoms with Gasteiger partial charge in [0, 0.05) is 6.07 Å². The van der Waals surface area contributed by atoms with Crippen molar-refractivity contribution in [2.45, 2.75) is 40.2 Å². The van der Waals surface area contributed by atoms with Gasteiger partial charge in [-0.3, -0.25) is 0 Å². The van der Waals surface area contributed by atoms with E-state index in [9.17, 15) is 9.90 Å². The largest absolute Gasteiger partial charge is 0.508 e. The average Bonchev–Trinajstić information content (AvgIpc) is 2.40. The molecule has 0 aliphatic heterocycles. The van der Waals surface area contributed by atoms with E-state index in [1.165, 1.54) is 13.2 Å². The van der Waals surface area contributed by atoms with Gasteiger partial charge in [0.05, 0.1) is 7.11 Å². The lowest BCUT2D eigenvalue weighted by Crippen LogP contribution is -2.24. The summed E-state index contributed by atoms with van der Waals surface area (Å²) in [5.74, 6) is 0.184. The summed E-state index contributed by atoms with van der Waals surface area (Å²) in [6.07, 6.45) is 0.0652. The molecular formula is C14H22O4. The van der Waals surface area contributed by atoms with E-state index >= 15 is 0 Å². The van der Waals surface area contributed by atoms with Crippen LogP contribution in [0.1, 0.15) is 33.3 Å². The Morgan fingerprint density at radius 2 is 2.00 bits per heavy atom. The molecule has 0 spiro atoms. The Morgan fingerprint density at radius 3 is 2.44 bits per heavy atom. The minimum Gasteiger partial charge on any atom is -0.508 e. The van der Waals surface area contributed by atoms with Crippen molar-refractivity contribution in [3.63, 3.8) is 0 Å². The Kier molecular flexibility index (Phi) is 7.59. The summed E-state index contributed by atoms with van der Waals surface area (Å²) in [6.45, 7) is 7.54. The predicted octanol–water partition coefficient (Wildman–Crippen LogP) is 2.92. The molecule has 0 fully saturated rings. The maximum Gasteiger partial charge on any atom is 0.346 e. The molecule has 0 saturated heterocycles. The van der Waals surface area contributed by atoms with Crippen molar-refractivity contribution < 1.29 is 19.4 Å².